The Balaban J connectivity index is 0.00000364. The van der Waals surface area contributed by atoms with Crippen LogP contribution in [0.1, 0.15) is 18.1 Å². The number of hydrogen-bond acceptors (Lipinski definition) is 3. The van der Waals surface area contributed by atoms with Crippen LogP contribution in [-0.2, 0) is 23.1 Å². The minimum absolute atomic E-state index is 0. The second kappa shape index (κ2) is 11.4. The molecule has 0 amide bonds. The Labute approximate surface area is 182 Å². The topological polar surface area (TPSA) is 82.6 Å². The third kappa shape index (κ3) is 8.35. The van der Waals surface area contributed by atoms with Gasteiger partial charge in [0.1, 0.15) is 0 Å². The van der Waals surface area contributed by atoms with Crippen LogP contribution in [0.15, 0.2) is 53.5 Å². The van der Waals surface area contributed by atoms with Crippen molar-refractivity contribution >= 4 is 57.2 Å². The smallest absolute Gasteiger partial charge is 0.229 e. The van der Waals surface area contributed by atoms with Crippen LogP contribution < -0.4 is 15.4 Å². The Morgan fingerprint density at radius 1 is 1.04 bits per heavy atom. The van der Waals surface area contributed by atoms with Crippen molar-refractivity contribution in [1.29, 1.82) is 0 Å². The van der Waals surface area contributed by atoms with Crippen molar-refractivity contribution < 1.29 is 8.42 Å². The molecule has 2 aromatic rings. The van der Waals surface area contributed by atoms with E-state index in [0.29, 0.717) is 36.3 Å². The Morgan fingerprint density at radius 2 is 1.67 bits per heavy atom. The van der Waals surface area contributed by atoms with Crippen molar-refractivity contribution in [2.75, 3.05) is 17.5 Å². The minimum Gasteiger partial charge on any atom is -0.357 e. The molecule has 2 aromatic carbocycles. The fraction of sp³-hybridized carbons (Fsp3) is 0.278. The molecule has 0 unspecified atom stereocenters. The normalized spacial score (nSPS) is 11.4. The highest BCUT2D eigenvalue weighted by molar-refractivity contribution is 14.0. The monoisotopic (exact) mass is 522 g/mol. The molecule has 3 N–H and O–H groups in total. The van der Waals surface area contributed by atoms with Gasteiger partial charge in [-0.2, -0.15) is 0 Å². The Hall–Kier alpha value is -1.52. The summed E-state index contributed by atoms with van der Waals surface area (Å²) >= 11 is 6.17. The predicted molar refractivity (Wildman–Crippen MR) is 123 cm³/mol. The first-order valence-electron chi connectivity index (χ1n) is 8.20. The number of sulfonamides is 1. The number of para-hydroxylation sites is 1. The molecule has 0 radical (unpaired) electrons. The van der Waals surface area contributed by atoms with Crippen LogP contribution in [0.25, 0.3) is 0 Å². The highest BCUT2D eigenvalue weighted by Crippen LogP contribution is 2.17. The first-order chi connectivity index (χ1) is 12.4. The number of aliphatic imine (C=N–C) groups is 1. The van der Waals surface area contributed by atoms with Gasteiger partial charge in [-0.3, -0.25) is 4.72 Å². The van der Waals surface area contributed by atoms with Crippen LogP contribution in [0.5, 0.6) is 0 Å². The quantitative estimate of drug-likeness (QED) is 0.295. The van der Waals surface area contributed by atoms with Crippen LogP contribution in [0.2, 0.25) is 5.02 Å². The highest BCUT2D eigenvalue weighted by Gasteiger charge is 2.07. The lowest BCUT2D eigenvalue weighted by Gasteiger charge is -2.13. The predicted octanol–water partition coefficient (Wildman–Crippen LogP) is 3.58. The minimum atomic E-state index is -3.34. The van der Waals surface area contributed by atoms with Crippen LogP contribution >= 0.6 is 35.6 Å². The molecule has 2 rings (SSSR count). The molecule has 148 valence electrons. The molecule has 0 aliphatic heterocycles. The second-order valence-corrected chi connectivity index (χ2v) is 7.83. The van der Waals surface area contributed by atoms with Gasteiger partial charge in [-0.1, -0.05) is 48.0 Å². The number of rotatable bonds is 7. The summed E-state index contributed by atoms with van der Waals surface area (Å²) in [5, 5.41) is 7.09. The molecule has 0 saturated carbocycles. The number of nitrogens with one attached hydrogen (secondary N) is 3. The van der Waals surface area contributed by atoms with Crippen molar-refractivity contribution in [1.82, 2.24) is 10.6 Å². The lowest BCUT2D eigenvalue weighted by molar-refractivity contribution is 0.606. The highest BCUT2D eigenvalue weighted by atomic mass is 127. The standard InChI is InChI=1S/C18H23ClN4O2S.HI/c1-3-20-18(21-12-14-8-4-6-10-16(14)19)22-13-15-9-5-7-11-17(15)23-26(2,24)25;/h4-11,23H,3,12-13H2,1-2H3,(H2,20,21,22);1H. The van der Waals surface area contributed by atoms with E-state index in [9.17, 15) is 8.42 Å². The van der Waals surface area contributed by atoms with E-state index in [0.717, 1.165) is 17.4 Å². The first kappa shape index (κ1) is 23.5. The number of halogens is 2. The number of guanidine groups is 1. The third-order valence-corrected chi connectivity index (χ3v) is 4.43. The molecule has 0 bridgehead atoms. The number of anilines is 1. The number of benzene rings is 2. The fourth-order valence-electron chi connectivity index (χ4n) is 2.28. The van der Waals surface area contributed by atoms with Gasteiger partial charge < -0.3 is 10.6 Å². The summed E-state index contributed by atoms with van der Waals surface area (Å²) in [6, 6.07) is 14.8. The van der Waals surface area contributed by atoms with Gasteiger partial charge in [0.25, 0.3) is 0 Å². The lowest BCUT2D eigenvalue weighted by Crippen LogP contribution is -2.36. The Morgan fingerprint density at radius 3 is 2.30 bits per heavy atom. The maximum atomic E-state index is 11.5. The number of hydrogen-bond donors (Lipinski definition) is 3. The molecular weight excluding hydrogens is 499 g/mol. The zero-order chi connectivity index (χ0) is 19.0. The summed E-state index contributed by atoms with van der Waals surface area (Å²) in [5.74, 6) is 0.626. The van der Waals surface area contributed by atoms with E-state index >= 15 is 0 Å². The molecule has 0 aliphatic rings. The fourth-order valence-corrected chi connectivity index (χ4v) is 3.09. The van der Waals surface area contributed by atoms with Crippen molar-refractivity contribution in [3.8, 4) is 0 Å². The van der Waals surface area contributed by atoms with Crippen LogP contribution in [0.3, 0.4) is 0 Å². The summed E-state index contributed by atoms with van der Waals surface area (Å²) in [4.78, 5) is 4.54. The molecule has 0 heterocycles. The largest absolute Gasteiger partial charge is 0.357 e. The van der Waals surface area contributed by atoms with Gasteiger partial charge in [0.15, 0.2) is 5.96 Å². The lowest BCUT2D eigenvalue weighted by atomic mass is 10.2. The van der Waals surface area contributed by atoms with Gasteiger partial charge >= 0.3 is 0 Å². The summed E-state index contributed by atoms with van der Waals surface area (Å²) < 4.78 is 25.5. The Kier molecular flexibility index (Phi) is 9.89. The average molecular weight is 523 g/mol. The van der Waals surface area contributed by atoms with Crippen LogP contribution in [0, 0.1) is 0 Å². The molecule has 27 heavy (non-hydrogen) atoms. The van der Waals surface area contributed by atoms with Crippen LogP contribution in [0.4, 0.5) is 5.69 Å². The van der Waals surface area contributed by atoms with E-state index in [1.165, 1.54) is 0 Å². The zero-order valence-corrected chi connectivity index (χ0v) is 19.1. The molecule has 6 nitrogen and oxygen atoms in total. The Bertz CT molecular complexity index is 875. The number of nitrogens with zero attached hydrogens (tertiary/aromatic N) is 1. The van der Waals surface area contributed by atoms with Gasteiger partial charge in [-0.15, -0.1) is 24.0 Å². The second-order valence-electron chi connectivity index (χ2n) is 5.67. The summed E-state index contributed by atoms with van der Waals surface area (Å²) in [6.07, 6.45) is 1.13. The van der Waals surface area contributed by atoms with Gasteiger partial charge in [-0.05, 0) is 30.2 Å². The van der Waals surface area contributed by atoms with E-state index in [1.807, 2.05) is 43.3 Å². The van der Waals surface area contributed by atoms with Crippen molar-refractivity contribution in [3.63, 3.8) is 0 Å². The van der Waals surface area contributed by atoms with E-state index in [1.54, 1.807) is 12.1 Å². The SMILES string of the molecule is CCNC(=NCc1ccccc1NS(C)(=O)=O)NCc1ccccc1Cl.I. The molecule has 0 aromatic heterocycles. The van der Waals surface area contributed by atoms with Gasteiger partial charge in [0.05, 0.1) is 18.5 Å². The maximum absolute atomic E-state index is 11.5. The summed E-state index contributed by atoms with van der Waals surface area (Å²) in [7, 11) is -3.34. The molecular formula is C18H24ClIN4O2S. The molecule has 9 heteroatoms. The third-order valence-electron chi connectivity index (χ3n) is 3.47. The molecule has 0 saturated heterocycles. The van der Waals surface area contributed by atoms with E-state index in [2.05, 4.69) is 20.3 Å². The molecule has 0 fully saturated rings. The van der Waals surface area contributed by atoms with Crippen molar-refractivity contribution in [2.45, 2.75) is 20.0 Å². The van der Waals surface area contributed by atoms with E-state index in [-0.39, 0.29) is 24.0 Å². The van der Waals surface area contributed by atoms with Crippen molar-refractivity contribution in [2.24, 2.45) is 4.99 Å². The van der Waals surface area contributed by atoms with Crippen molar-refractivity contribution in [3.05, 3.63) is 64.7 Å². The zero-order valence-electron chi connectivity index (χ0n) is 15.2. The van der Waals surface area contributed by atoms with Gasteiger partial charge in [0.2, 0.25) is 10.0 Å². The maximum Gasteiger partial charge on any atom is 0.229 e. The van der Waals surface area contributed by atoms with E-state index in [4.69, 9.17) is 11.6 Å². The summed E-state index contributed by atoms with van der Waals surface area (Å²) in [5.41, 5.74) is 2.28. The first-order valence-corrected chi connectivity index (χ1v) is 10.5. The van der Waals surface area contributed by atoms with Gasteiger partial charge in [0, 0.05) is 18.1 Å². The molecule has 0 spiro atoms. The van der Waals surface area contributed by atoms with Crippen LogP contribution in [-0.4, -0.2) is 27.2 Å². The molecule has 0 aliphatic carbocycles. The van der Waals surface area contributed by atoms with Gasteiger partial charge in [-0.25, -0.2) is 13.4 Å². The summed E-state index contributed by atoms with van der Waals surface area (Å²) in [6.45, 7) is 3.55. The van der Waals surface area contributed by atoms with E-state index < -0.39 is 10.0 Å². The average Bonchev–Trinajstić information content (AvgIpc) is 2.58. The molecule has 0 atom stereocenters.